The predicted octanol–water partition coefficient (Wildman–Crippen LogP) is 3.60. The molecular formula is C23H28N4O2. The molecule has 1 atom stereocenters. The molecule has 3 N–H and O–H groups in total. The van der Waals surface area contributed by atoms with E-state index in [0.717, 1.165) is 5.56 Å². The number of benzene rings is 1. The van der Waals surface area contributed by atoms with Crippen molar-refractivity contribution < 1.29 is 9.59 Å². The van der Waals surface area contributed by atoms with Crippen molar-refractivity contribution in [2.75, 3.05) is 0 Å². The predicted molar refractivity (Wildman–Crippen MR) is 111 cm³/mol. The van der Waals surface area contributed by atoms with Gasteiger partial charge in [-0.15, -0.1) is 0 Å². The Hall–Kier alpha value is -3.07. The van der Waals surface area contributed by atoms with Gasteiger partial charge >= 0.3 is 0 Å². The van der Waals surface area contributed by atoms with Gasteiger partial charge in [-0.05, 0) is 28.9 Å². The zero-order chi connectivity index (χ0) is 21.5. The second kappa shape index (κ2) is 7.40. The van der Waals surface area contributed by atoms with E-state index in [1.165, 1.54) is 17.5 Å². The Morgan fingerprint density at radius 1 is 1.28 bits per heavy atom. The minimum absolute atomic E-state index is 0.00946. The summed E-state index contributed by atoms with van der Waals surface area (Å²) in [7, 11) is 0. The van der Waals surface area contributed by atoms with Gasteiger partial charge in [0.15, 0.2) is 5.78 Å². The quantitative estimate of drug-likeness (QED) is 0.819. The largest absolute Gasteiger partial charge is 0.383 e. The van der Waals surface area contributed by atoms with E-state index in [-0.39, 0.29) is 28.5 Å². The molecule has 2 aliphatic rings. The highest BCUT2D eigenvalue weighted by molar-refractivity contribution is 6.00. The Labute approximate surface area is 172 Å². The Balaban J connectivity index is 2.22. The van der Waals surface area contributed by atoms with Crippen LogP contribution in [-0.2, 0) is 9.59 Å². The van der Waals surface area contributed by atoms with E-state index in [2.05, 4.69) is 25.3 Å². The molecule has 1 aliphatic heterocycles. The van der Waals surface area contributed by atoms with Crippen LogP contribution in [0, 0.1) is 16.7 Å². The topological polar surface area (TPSA) is 99.2 Å². The van der Waals surface area contributed by atoms with Crippen LogP contribution in [-0.4, -0.2) is 16.7 Å². The lowest BCUT2D eigenvalue weighted by Gasteiger charge is -2.43. The highest BCUT2D eigenvalue weighted by Crippen LogP contribution is 2.48. The first-order valence-corrected chi connectivity index (χ1v) is 9.89. The number of carbonyl (C=O) groups is 2. The molecule has 0 fully saturated rings. The van der Waals surface area contributed by atoms with Gasteiger partial charge in [-0.1, -0.05) is 52.0 Å². The summed E-state index contributed by atoms with van der Waals surface area (Å²) in [6.07, 6.45) is 0.966. The van der Waals surface area contributed by atoms with E-state index in [9.17, 15) is 14.9 Å². The van der Waals surface area contributed by atoms with E-state index in [1.807, 2.05) is 38.1 Å². The Kier molecular flexibility index (Phi) is 5.27. The van der Waals surface area contributed by atoms with Crippen LogP contribution in [0.4, 0.5) is 0 Å². The van der Waals surface area contributed by atoms with Crippen LogP contribution < -0.4 is 11.2 Å². The van der Waals surface area contributed by atoms with Crippen molar-refractivity contribution in [2.45, 2.75) is 59.3 Å². The van der Waals surface area contributed by atoms with Gasteiger partial charge in [0, 0.05) is 18.9 Å². The number of nitrogens with two attached hydrogens (primary N) is 1. The van der Waals surface area contributed by atoms with Gasteiger partial charge in [0.05, 0.1) is 23.3 Å². The number of rotatable bonds is 3. The first kappa shape index (κ1) is 20.7. The maximum atomic E-state index is 13.2. The number of hydrogen-bond acceptors (Lipinski definition) is 5. The molecule has 1 aromatic carbocycles. The number of hydrogen-bond donors (Lipinski definition) is 2. The molecule has 0 bridgehead atoms. The van der Waals surface area contributed by atoms with Crippen LogP contribution in [0.2, 0.25) is 0 Å². The summed E-state index contributed by atoms with van der Waals surface area (Å²) < 4.78 is 0. The first-order valence-electron chi connectivity index (χ1n) is 9.89. The summed E-state index contributed by atoms with van der Waals surface area (Å²) >= 11 is 0. The third kappa shape index (κ3) is 3.77. The molecule has 1 unspecified atom stereocenters. The summed E-state index contributed by atoms with van der Waals surface area (Å²) in [5, 5.41) is 11.3. The van der Waals surface area contributed by atoms with E-state index in [0.29, 0.717) is 30.0 Å². The fraction of sp³-hybridized carbons (Fsp3) is 0.435. The number of nitriles is 1. The molecule has 0 spiro atoms. The molecule has 1 amide bonds. The summed E-state index contributed by atoms with van der Waals surface area (Å²) in [5.41, 5.74) is 12.3. The molecule has 0 radical (unpaired) electrons. The number of ketones is 1. The number of hydrazine groups is 1. The van der Waals surface area contributed by atoms with Crippen LogP contribution >= 0.6 is 0 Å². The van der Waals surface area contributed by atoms with Crippen LogP contribution in [0.15, 0.2) is 46.9 Å². The van der Waals surface area contributed by atoms with Gasteiger partial charge in [-0.2, -0.15) is 5.26 Å². The second-order valence-electron chi connectivity index (χ2n) is 8.97. The number of nitrogens with zero attached hydrogens (tertiary/aromatic N) is 2. The van der Waals surface area contributed by atoms with Gasteiger partial charge in [-0.3, -0.25) is 15.0 Å². The van der Waals surface area contributed by atoms with Crippen LogP contribution in [0.25, 0.3) is 0 Å². The average molecular weight is 393 g/mol. The molecule has 152 valence electrons. The highest BCUT2D eigenvalue weighted by Gasteiger charge is 2.44. The minimum atomic E-state index is -0.523. The first-order chi connectivity index (χ1) is 13.6. The molecule has 6 nitrogen and oxygen atoms in total. The normalized spacial score (nSPS) is 21.2. The molecule has 1 aromatic rings. The molecule has 1 aliphatic carbocycles. The van der Waals surface area contributed by atoms with Crippen molar-refractivity contribution in [1.29, 1.82) is 5.26 Å². The SMILES string of the molecule is CC(=O)NN1C(N)=C(C#N)C(c2ccc(C(C)C)cc2)C2=C1CC(C)(C)CC2=O. The standard InChI is InChI=1S/C23H28N4O2/c1-13(2)15-6-8-16(9-7-15)20-17(12-24)22(25)27(26-14(3)28)18-10-23(4,5)11-19(29)21(18)20/h6-9,13,20H,10-11,25H2,1-5H3,(H,26,28). The van der Waals surface area contributed by atoms with Crippen LogP contribution in [0.3, 0.4) is 0 Å². The lowest BCUT2D eigenvalue weighted by atomic mass is 9.69. The van der Waals surface area contributed by atoms with Crippen LogP contribution in [0.5, 0.6) is 0 Å². The van der Waals surface area contributed by atoms with Gasteiger partial charge in [0.25, 0.3) is 0 Å². The summed E-state index contributed by atoms with van der Waals surface area (Å²) in [6.45, 7) is 9.66. The van der Waals surface area contributed by atoms with Gasteiger partial charge in [0.1, 0.15) is 5.82 Å². The minimum Gasteiger partial charge on any atom is -0.383 e. The molecule has 0 saturated heterocycles. The van der Waals surface area contributed by atoms with Crippen molar-refractivity contribution in [3.8, 4) is 6.07 Å². The Bertz CT molecular complexity index is 962. The number of carbonyl (C=O) groups excluding carboxylic acids is 2. The average Bonchev–Trinajstić information content (AvgIpc) is 2.62. The van der Waals surface area contributed by atoms with E-state index < -0.39 is 5.92 Å². The lowest BCUT2D eigenvalue weighted by Crippen LogP contribution is -2.49. The van der Waals surface area contributed by atoms with Crippen molar-refractivity contribution in [3.63, 3.8) is 0 Å². The van der Waals surface area contributed by atoms with Crippen molar-refractivity contribution in [3.05, 3.63) is 58.1 Å². The van der Waals surface area contributed by atoms with Crippen molar-refractivity contribution in [2.24, 2.45) is 11.1 Å². The Morgan fingerprint density at radius 2 is 1.90 bits per heavy atom. The molecule has 29 heavy (non-hydrogen) atoms. The summed E-state index contributed by atoms with van der Waals surface area (Å²) in [4.78, 5) is 25.0. The number of Topliss-reactive ketones (excluding diaryl/α,β-unsaturated/α-hetero) is 1. The smallest absolute Gasteiger partial charge is 0.235 e. The van der Waals surface area contributed by atoms with Crippen LogP contribution in [0.1, 0.15) is 70.4 Å². The van der Waals surface area contributed by atoms with E-state index in [4.69, 9.17) is 5.73 Å². The highest BCUT2D eigenvalue weighted by atomic mass is 16.2. The number of allylic oxidation sites excluding steroid dienone is 3. The molecule has 1 heterocycles. The number of amides is 1. The molecule has 0 saturated carbocycles. The van der Waals surface area contributed by atoms with Gasteiger partial charge in [-0.25, -0.2) is 5.01 Å². The monoisotopic (exact) mass is 392 g/mol. The summed E-state index contributed by atoms with van der Waals surface area (Å²) in [6, 6.07) is 10.2. The molecular weight excluding hydrogens is 364 g/mol. The fourth-order valence-corrected chi connectivity index (χ4v) is 4.20. The lowest BCUT2D eigenvalue weighted by molar-refractivity contribution is -0.123. The van der Waals surface area contributed by atoms with Crippen molar-refractivity contribution in [1.82, 2.24) is 10.4 Å². The van der Waals surface area contributed by atoms with Gasteiger partial charge in [0.2, 0.25) is 5.91 Å². The van der Waals surface area contributed by atoms with Crippen molar-refractivity contribution >= 4 is 11.7 Å². The zero-order valence-electron chi connectivity index (χ0n) is 17.7. The second-order valence-corrected chi connectivity index (χ2v) is 8.97. The van der Waals surface area contributed by atoms with E-state index >= 15 is 0 Å². The maximum absolute atomic E-state index is 13.2. The summed E-state index contributed by atoms with van der Waals surface area (Å²) in [5.74, 6) is -0.291. The molecule has 0 aromatic heterocycles. The fourth-order valence-electron chi connectivity index (χ4n) is 4.20. The number of nitrogens with one attached hydrogen (secondary N) is 1. The maximum Gasteiger partial charge on any atom is 0.235 e. The molecule has 6 heteroatoms. The van der Waals surface area contributed by atoms with E-state index in [1.54, 1.807) is 0 Å². The Morgan fingerprint density at radius 3 is 2.41 bits per heavy atom. The molecule has 3 rings (SSSR count). The zero-order valence-corrected chi connectivity index (χ0v) is 17.7. The third-order valence-corrected chi connectivity index (χ3v) is 5.59. The third-order valence-electron chi connectivity index (χ3n) is 5.59. The van der Waals surface area contributed by atoms with Gasteiger partial charge < -0.3 is 5.73 Å².